The molecule has 18 heavy (non-hydrogen) atoms. The smallest absolute Gasteiger partial charge is 0.252 e. The number of hydrogen-bond donors (Lipinski definition) is 0. The van der Waals surface area contributed by atoms with Gasteiger partial charge in [-0.05, 0) is 48.0 Å². The molecule has 0 fully saturated rings. The van der Waals surface area contributed by atoms with E-state index in [1.54, 1.807) is 28.9 Å². The lowest BCUT2D eigenvalue weighted by molar-refractivity contribution is 0.108. The van der Waals surface area contributed by atoms with Crippen molar-refractivity contribution in [3.63, 3.8) is 0 Å². The number of hydrogen-bond acceptors (Lipinski definition) is 3. The van der Waals surface area contributed by atoms with Gasteiger partial charge in [-0.2, -0.15) is 0 Å². The molecule has 3 rings (SSSR count). The van der Waals surface area contributed by atoms with Crippen molar-refractivity contribution in [1.82, 2.24) is 15.0 Å². The van der Waals surface area contributed by atoms with Gasteiger partial charge in [0.1, 0.15) is 5.52 Å². The van der Waals surface area contributed by atoms with Gasteiger partial charge in [0.25, 0.3) is 5.24 Å². The highest BCUT2D eigenvalue weighted by molar-refractivity contribution is 6.67. The van der Waals surface area contributed by atoms with Gasteiger partial charge in [0, 0.05) is 5.56 Å². The van der Waals surface area contributed by atoms with Crippen LogP contribution in [0.2, 0.25) is 0 Å². The molecule has 0 aliphatic carbocycles. The van der Waals surface area contributed by atoms with Crippen molar-refractivity contribution < 1.29 is 4.79 Å². The first-order chi connectivity index (χ1) is 8.75. The van der Waals surface area contributed by atoms with E-state index in [1.807, 2.05) is 24.3 Å². The molecule has 0 aliphatic rings. The van der Waals surface area contributed by atoms with E-state index in [0.717, 1.165) is 16.7 Å². The highest BCUT2D eigenvalue weighted by Gasteiger charge is 2.06. The minimum Gasteiger partial charge on any atom is -0.276 e. The number of rotatable bonds is 2. The summed E-state index contributed by atoms with van der Waals surface area (Å²) in [6.45, 7) is 0. The van der Waals surface area contributed by atoms with Crippen molar-refractivity contribution in [3.8, 4) is 5.69 Å². The topological polar surface area (TPSA) is 47.8 Å². The molecule has 0 bridgehead atoms. The van der Waals surface area contributed by atoms with Crippen LogP contribution in [0.3, 0.4) is 0 Å². The lowest BCUT2D eigenvalue weighted by Crippen LogP contribution is -1.97. The van der Waals surface area contributed by atoms with Gasteiger partial charge in [0.05, 0.1) is 11.2 Å². The van der Waals surface area contributed by atoms with Crippen molar-refractivity contribution in [2.24, 2.45) is 0 Å². The highest BCUT2D eigenvalue weighted by atomic mass is 35.5. The Morgan fingerprint density at radius 2 is 1.78 bits per heavy atom. The van der Waals surface area contributed by atoms with Crippen molar-refractivity contribution in [2.45, 2.75) is 0 Å². The molecule has 0 saturated heterocycles. The molecule has 5 heteroatoms. The Morgan fingerprint density at radius 1 is 1.06 bits per heavy atom. The van der Waals surface area contributed by atoms with E-state index in [-0.39, 0.29) is 0 Å². The van der Waals surface area contributed by atoms with Crippen LogP contribution in [0, 0.1) is 0 Å². The fraction of sp³-hybridized carbons (Fsp3) is 0. The van der Waals surface area contributed by atoms with Gasteiger partial charge in [-0.25, -0.2) is 4.68 Å². The molecule has 0 N–H and O–H groups in total. The second kappa shape index (κ2) is 4.23. The lowest BCUT2D eigenvalue weighted by atomic mass is 10.2. The average Bonchev–Trinajstić information content (AvgIpc) is 2.82. The SMILES string of the molecule is O=C(Cl)c1ccc(-n2nnc3ccccc32)cc1. The zero-order chi connectivity index (χ0) is 12.5. The van der Waals surface area contributed by atoms with Crippen molar-refractivity contribution in [2.75, 3.05) is 0 Å². The molecule has 0 amide bonds. The Morgan fingerprint density at radius 3 is 2.50 bits per heavy atom. The van der Waals surface area contributed by atoms with E-state index in [1.165, 1.54) is 0 Å². The van der Waals surface area contributed by atoms with Gasteiger partial charge in [0.15, 0.2) is 0 Å². The molecule has 0 radical (unpaired) electrons. The molecule has 0 spiro atoms. The number of carbonyl (C=O) groups excluding carboxylic acids is 1. The van der Waals surface area contributed by atoms with Crippen LogP contribution in [0.25, 0.3) is 16.7 Å². The van der Waals surface area contributed by atoms with Gasteiger partial charge in [-0.3, -0.25) is 4.79 Å². The summed E-state index contributed by atoms with van der Waals surface area (Å²) in [5.41, 5.74) is 3.05. The van der Waals surface area contributed by atoms with Crippen molar-refractivity contribution in [1.29, 1.82) is 0 Å². The third-order valence-electron chi connectivity index (χ3n) is 2.69. The maximum absolute atomic E-state index is 11.0. The number of benzene rings is 2. The van der Waals surface area contributed by atoms with E-state index >= 15 is 0 Å². The van der Waals surface area contributed by atoms with Gasteiger partial charge < -0.3 is 0 Å². The number of fused-ring (bicyclic) bond motifs is 1. The van der Waals surface area contributed by atoms with Gasteiger partial charge in [-0.1, -0.05) is 17.3 Å². The molecule has 88 valence electrons. The molecule has 1 aromatic heterocycles. The summed E-state index contributed by atoms with van der Waals surface area (Å²) in [5, 5.41) is 7.69. The van der Waals surface area contributed by atoms with E-state index in [9.17, 15) is 4.79 Å². The van der Waals surface area contributed by atoms with Crippen LogP contribution in [0.4, 0.5) is 0 Å². The second-order valence-corrected chi connectivity index (χ2v) is 4.15. The molecule has 2 aromatic carbocycles. The molecular formula is C13H8ClN3O. The fourth-order valence-corrected chi connectivity index (χ4v) is 1.92. The molecule has 0 saturated carbocycles. The van der Waals surface area contributed by atoms with Gasteiger partial charge in [0.2, 0.25) is 0 Å². The van der Waals surface area contributed by atoms with Crippen LogP contribution >= 0.6 is 11.6 Å². The molecule has 0 aliphatic heterocycles. The Hall–Kier alpha value is -2.20. The average molecular weight is 258 g/mol. The Bertz CT molecular complexity index is 718. The van der Waals surface area contributed by atoms with Crippen molar-refractivity contribution >= 4 is 27.9 Å². The standard InChI is InChI=1S/C13H8ClN3O/c14-13(18)9-5-7-10(8-6-9)17-12-4-2-1-3-11(12)15-16-17/h1-8H. The van der Waals surface area contributed by atoms with Crippen LogP contribution in [0.15, 0.2) is 48.5 Å². The fourth-order valence-electron chi connectivity index (χ4n) is 1.79. The summed E-state index contributed by atoms with van der Waals surface area (Å²) < 4.78 is 1.72. The maximum atomic E-state index is 11.0. The van der Waals surface area contributed by atoms with Crippen LogP contribution in [-0.2, 0) is 0 Å². The third-order valence-corrected chi connectivity index (χ3v) is 2.91. The van der Waals surface area contributed by atoms with E-state index < -0.39 is 5.24 Å². The summed E-state index contributed by atoms with van der Waals surface area (Å²) in [6, 6.07) is 14.6. The molecule has 1 heterocycles. The maximum Gasteiger partial charge on any atom is 0.252 e. The summed E-state index contributed by atoms with van der Waals surface area (Å²) in [5.74, 6) is 0. The molecule has 0 unspecified atom stereocenters. The van der Waals surface area contributed by atoms with Crippen LogP contribution in [-0.4, -0.2) is 20.2 Å². The molecule has 3 aromatic rings. The monoisotopic (exact) mass is 257 g/mol. The Balaban J connectivity index is 2.12. The lowest BCUT2D eigenvalue weighted by Gasteiger charge is -2.02. The molecule has 4 nitrogen and oxygen atoms in total. The predicted molar refractivity (Wildman–Crippen MR) is 69.0 cm³/mol. The minimum atomic E-state index is -0.468. The quantitative estimate of drug-likeness (QED) is 0.663. The third kappa shape index (κ3) is 1.76. The normalized spacial score (nSPS) is 10.7. The zero-order valence-electron chi connectivity index (χ0n) is 9.25. The number of halogens is 1. The first-order valence-corrected chi connectivity index (χ1v) is 5.74. The van der Waals surface area contributed by atoms with Crippen LogP contribution in [0.5, 0.6) is 0 Å². The summed E-state index contributed by atoms with van der Waals surface area (Å²) in [7, 11) is 0. The molecular weight excluding hydrogens is 250 g/mol. The number of carbonyl (C=O) groups is 1. The van der Waals surface area contributed by atoms with Crippen LogP contribution in [0.1, 0.15) is 10.4 Å². The minimum absolute atomic E-state index is 0.463. The zero-order valence-corrected chi connectivity index (χ0v) is 10.0. The highest BCUT2D eigenvalue weighted by Crippen LogP contribution is 2.16. The van der Waals surface area contributed by atoms with Crippen molar-refractivity contribution in [3.05, 3.63) is 54.1 Å². The van der Waals surface area contributed by atoms with E-state index in [0.29, 0.717) is 5.56 Å². The van der Waals surface area contributed by atoms with E-state index in [4.69, 9.17) is 11.6 Å². The van der Waals surface area contributed by atoms with Gasteiger partial charge >= 0.3 is 0 Å². The predicted octanol–water partition coefficient (Wildman–Crippen LogP) is 2.80. The number of para-hydroxylation sites is 1. The first kappa shape index (κ1) is 10.9. The Labute approximate surface area is 108 Å². The van der Waals surface area contributed by atoms with Crippen LogP contribution < -0.4 is 0 Å². The molecule has 0 atom stereocenters. The summed E-state index contributed by atoms with van der Waals surface area (Å²) in [4.78, 5) is 11.0. The number of nitrogens with zero attached hydrogens (tertiary/aromatic N) is 3. The summed E-state index contributed by atoms with van der Waals surface area (Å²) >= 11 is 5.40. The van der Waals surface area contributed by atoms with E-state index in [2.05, 4.69) is 10.3 Å². The summed E-state index contributed by atoms with van der Waals surface area (Å²) in [6.07, 6.45) is 0. The largest absolute Gasteiger partial charge is 0.276 e. The first-order valence-electron chi connectivity index (χ1n) is 5.36. The van der Waals surface area contributed by atoms with Gasteiger partial charge in [-0.15, -0.1) is 5.10 Å². The number of aromatic nitrogens is 3. The second-order valence-electron chi connectivity index (χ2n) is 3.81. The Kier molecular flexibility index (Phi) is 2.57.